The molecule has 1 nitrogen and oxygen atoms in total. The van der Waals surface area contributed by atoms with Crippen LogP contribution in [0.3, 0.4) is 0 Å². The molecule has 2 unspecified atom stereocenters. The molecule has 2 atom stereocenters. The van der Waals surface area contributed by atoms with Gasteiger partial charge in [0.2, 0.25) is 0 Å². The van der Waals surface area contributed by atoms with E-state index in [9.17, 15) is 0 Å². The maximum atomic E-state index is 3.72. The molecule has 0 saturated heterocycles. The van der Waals surface area contributed by atoms with E-state index < -0.39 is 8.96 Å². The predicted octanol–water partition coefficient (Wildman–Crippen LogP) is 2.53. The van der Waals surface area contributed by atoms with Crippen LogP contribution in [0.4, 0.5) is 0 Å². The molecule has 11 heavy (non-hydrogen) atoms. The molecule has 0 aliphatic heterocycles. The summed E-state index contributed by atoms with van der Waals surface area (Å²) in [4.78, 5) is 3.72. The molecule has 0 aromatic rings. The lowest BCUT2D eigenvalue weighted by atomic mass is 10.4. The Balaban J connectivity index is 3.74. The summed E-state index contributed by atoms with van der Waals surface area (Å²) in [6.45, 7) is 11.5. The molecule has 0 bridgehead atoms. The van der Waals surface area contributed by atoms with Crippen LogP contribution in [0.1, 0.15) is 41.0 Å². The highest BCUT2D eigenvalue weighted by atomic mass is 28.3. The average molecular weight is 173 g/mol. The maximum absolute atomic E-state index is 3.72. The normalized spacial score (nSPS) is 16.9. The van der Waals surface area contributed by atoms with E-state index in [-0.39, 0.29) is 0 Å². The molecular weight excluding hydrogens is 150 g/mol. The molecule has 0 aliphatic carbocycles. The van der Waals surface area contributed by atoms with E-state index in [0.29, 0.717) is 6.04 Å². The van der Waals surface area contributed by atoms with Gasteiger partial charge >= 0.3 is 0 Å². The second-order valence-electron chi connectivity index (χ2n) is 3.72. The predicted molar refractivity (Wildman–Crippen MR) is 55.6 cm³/mol. The smallest absolute Gasteiger partial charge is 0.111 e. The van der Waals surface area contributed by atoms with Gasteiger partial charge in [-0.3, -0.25) is 0 Å². The summed E-state index contributed by atoms with van der Waals surface area (Å²) in [5.74, 6) is 0. The molecule has 0 aromatic heterocycles. The fraction of sp³-hybridized carbons (Fsp3) is 1.00. The van der Waals surface area contributed by atoms with Gasteiger partial charge in [-0.15, -0.1) is 0 Å². The van der Waals surface area contributed by atoms with Crippen molar-refractivity contribution in [1.82, 2.24) is 4.98 Å². The minimum atomic E-state index is -0.615. The zero-order valence-electron chi connectivity index (χ0n) is 8.65. The van der Waals surface area contributed by atoms with Crippen molar-refractivity contribution in [3.8, 4) is 0 Å². The first kappa shape index (κ1) is 11.2. The highest BCUT2D eigenvalue weighted by molar-refractivity contribution is 6.57. The van der Waals surface area contributed by atoms with Gasteiger partial charge in [-0.1, -0.05) is 41.0 Å². The summed E-state index contributed by atoms with van der Waals surface area (Å²) >= 11 is 0. The molecule has 0 spiro atoms. The lowest BCUT2D eigenvalue weighted by Gasteiger charge is -2.23. The third-order valence-corrected chi connectivity index (χ3v) is 6.14. The Labute approximate surface area is 73.3 Å². The highest BCUT2D eigenvalue weighted by Gasteiger charge is 2.15. The zero-order valence-corrected chi connectivity index (χ0v) is 9.80. The fourth-order valence-electron chi connectivity index (χ4n) is 1.40. The van der Waals surface area contributed by atoms with Crippen LogP contribution in [-0.4, -0.2) is 15.0 Å². The summed E-state index contributed by atoms with van der Waals surface area (Å²) in [6.07, 6.45) is 1.34. The molecule has 1 N–H and O–H groups in total. The Morgan fingerprint density at radius 2 is 1.73 bits per heavy atom. The van der Waals surface area contributed by atoms with Crippen molar-refractivity contribution >= 4 is 8.96 Å². The van der Waals surface area contributed by atoms with Crippen LogP contribution in [0.2, 0.25) is 11.6 Å². The average Bonchev–Trinajstić information content (AvgIpc) is 1.98. The number of nitrogens with one attached hydrogen (secondary N) is 1. The van der Waals surface area contributed by atoms with Crippen molar-refractivity contribution in [3.05, 3.63) is 0 Å². The van der Waals surface area contributed by atoms with Crippen molar-refractivity contribution in [1.29, 1.82) is 0 Å². The highest BCUT2D eigenvalue weighted by Crippen LogP contribution is 2.14. The van der Waals surface area contributed by atoms with Crippen LogP contribution in [0.15, 0.2) is 0 Å². The van der Waals surface area contributed by atoms with Gasteiger partial charge in [-0.25, -0.2) is 0 Å². The molecule has 0 heterocycles. The SMILES string of the molecule is CCC(C)[SiH](CC)NC(C)C. The summed E-state index contributed by atoms with van der Waals surface area (Å²) in [6, 6.07) is 2.06. The molecule has 0 fully saturated rings. The van der Waals surface area contributed by atoms with Gasteiger partial charge in [-0.2, -0.15) is 0 Å². The van der Waals surface area contributed by atoms with Crippen molar-refractivity contribution in [2.45, 2.75) is 58.7 Å². The molecule has 0 amide bonds. The monoisotopic (exact) mass is 173 g/mol. The summed E-state index contributed by atoms with van der Waals surface area (Å²) in [7, 11) is -0.615. The van der Waals surface area contributed by atoms with Crippen molar-refractivity contribution in [2.24, 2.45) is 0 Å². The number of rotatable bonds is 5. The Morgan fingerprint density at radius 3 is 2.00 bits per heavy atom. The third kappa shape index (κ3) is 4.59. The van der Waals surface area contributed by atoms with Gasteiger partial charge in [0.1, 0.15) is 8.96 Å². The van der Waals surface area contributed by atoms with Crippen molar-refractivity contribution < 1.29 is 0 Å². The van der Waals surface area contributed by atoms with E-state index in [0.717, 1.165) is 5.54 Å². The van der Waals surface area contributed by atoms with Gasteiger partial charge in [0.15, 0.2) is 0 Å². The Morgan fingerprint density at radius 1 is 1.18 bits per heavy atom. The summed E-state index contributed by atoms with van der Waals surface area (Å²) in [5, 5.41) is 0. The van der Waals surface area contributed by atoms with Gasteiger partial charge in [0.25, 0.3) is 0 Å². The molecule has 0 saturated carbocycles. The Kier molecular flexibility index (Phi) is 5.87. The van der Waals surface area contributed by atoms with Crippen LogP contribution >= 0.6 is 0 Å². The van der Waals surface area contributed by atoms with Crippen LogP contribution < -0.4 is 4.98 Å². The first-order valence-electron chi connectivity index (χ1n) is 4.87. The van der Waals surface area contributed by atoms with Crippen molar-refractivity contribution in [2.75, 3.05) is 0 Å². The minimum Gasteiger partial charge on any atom is -0.337 e. The topological polar surface area (TPSA) is 12.0 Å². The molecule has 2 heteroatoms. The van der Waals surface area contributed by atoms with Gasteiger partial charge in [-0.05, 0) is 17.6 Å². The van der Waals surface area contributed by atoms with E-state index in [4.69, 9.17) is 0 Å². The second kappa shape index (κ2) is 5.78. The van der Waals surface area contributed by atoms with Gasteiger partial charge in [0.05, 0.1) is 0 Å². The standard InChI is InChI=1S/C9H23NSi/c1-6-9(5)11(7-2)10-8(3)4/h8-11H,6-7H2,1-5H3. The Hall–Kier alpha value is 0.177. The Bertz CT molecular complexity index is 93.6. The largest absolute Gasteiger partial charge is 0.337 e. The van der Waals surface area contributed by atoms with Gasteiger partial charge in [0, 0.05) is 0 Å². The van der Waals surface area contributed by atoms with E-state index in [2.05, 4.69) is 39.6 Å². The summed E-state index contributed by atoms with van der Waals surface area (Å²) < 4.78 is 0. The number of hydrogen-bond acceptors (Lipinski definition) is 1. The van der Waals surface area contributed by atoms with E-state index >= 15 is 0 Å². The fourth-order valence-corrected chi connectivity index (χ4v) is 4.19. The van der Waals surface area contributed by atoms with Crippen LogP contribution in [0.5, 0.6) is 0 Å². The lowest BCUT2D eigenvalue weighted by Crippen LogP contribution is -2.40. The molecule has 68 valence electrons. The first-order chi connectivity index (χ1) is 5.11. The van der Waals surface area contributed by atoms with Crippen LogP contribution in [0, 0.1) is 0 Å². The quantitative estimate of drug-likeness (QED) is 0.630. The van der Waals surface area contributed by atoms with Crippen LogP contribution in [-0.2, 0) is 0 Å². The number of hydrogen-bond donors (Lipinski definition) is 1. The van der Waals surface area contributed by atoms with E-state index in [1.54, 1.807) is 0 Å². The molecule has 0 aliphatic rings. The third-order valence-electron chi connectivity index (χ3n) is 2.32. The molecule has 0 rings (SSSR count). The van der Waals surface area contributed by atoms with E-state index in [1.807, 2.05) is 0 Å². The lowest BCUT2D eigenvalue weighted by molar-refractivity contribution is 0.709. The molecule has 0 radical (unpaired) electrons. The minimum absolute atomic E-state index is 0.615. The van der Waals surface area contributed by atoms with Crippen molar-refractivity contribution in [3.63, 3.8) is 0 Å². The maximum Gasteiger partial charge on any atom is 0.111 e. The molecule has 0 aromatic carbocycles. The van der Waals surface area contributed by atoms with Gasteiger partial charge < -0.3 is 4.98 Å². The second-order valence-corrected chi connectivity index (χ2v) is 7.22. The molecular formula is C9H23NSi. The van der Waals surface area contributed by atoms with Crippen LogP contribution in [0.25, 0.3) is 0 Å². The van der Waals surface area contributed by atoms with E-state index in [1.165, 1.54) is 12.5 Å². The summed E-state index contributed by atoms with van der Waals surface area (Å²) in [5.41, 5.74) is 0.947. The first-order valence-corrected chi connectivity index (χ1v) is 6.93. The zero-order chi connectivity index (χ0) is 8.85.